The van der Waals surface area contributed by atoms with Crippen molar-refractivity contribution < 1.29 is 24.5 Å². The first-order valence-corrected chi connectivity index (χ1v) is 9.92. The van der Waals surface area contributed by atoms with E-state index >= 15 is 0 Å². The van der Waals surface area contributed by atoms with Crippen molar-refractivity contribution in [3.8, 4) is 0 Å². The number of likely N-dealkylation sites (tertiary alicyclic amines) is 1. The quantitative estimate of drug-likeness (QED) is 0.756. The van der Waals surface area contributed by atoms with Gasteiger partial charge in [-0.1, -0.05) is 24.3 Å². The molecule has 4 rings (SSSR count). The Morgan fingerprint density at radius 3 is 2.71 bits per heavy atom. The highest BCUT2D eigenvalue weighted by molar-refractivity contribution is 5.79. The summed E-state index contributed by atoms with van der Waals surface area (Å²) in [5, 5.41) is 17.0. The van der Waals surface area contributed by atoms with Gasteiger partial charge >= 0.3 is 0 Å². The van der Waals surface area contributed by atoms with E-state index in [0.717, 1.165) is 45.3 Å². The van der Waals surface area contributed by atoms with Crippen LogP contribution in [-0.2, 0) is 27.3 Å². The van der Waals surface area contributed by atoms with E-state index in [-0.39, 0.29) is 30.1 Å². The van der Waals surface area contributed by atoms with Crippen LogP contribution in [0.1, 0.15) is 36.8 Å². The maximum absolute atomic E-state index is 13.0. The Morgan fingerprint density at radius 2 is 2.00 bits per heavy atom. The molecular weight excluding hydrogens is 360 g/mol. The van der Waals surface area contributed by atoms with Gasteiger partial charge in [0.1, 0.15) is 0 Å². The van der Waals surface area contributed by atoms with Crippen molar-refractivity contribution in [3.05, 3.63) is 35.4 Å². The summed E-state index contributed by atoms with van der Waals surface area (Å²) in [5.74, 6) is 0.178. The molecule has 0 bridgehead atoms. The van der Waals surface area contributed by atoms with Crippen molar-refractivity contribution in [1.82, 2.24) is 9.80 Å². The predicted molar refractivity (Wildman–Crippen MR) is 104 cm³/mol. The molecule has 2 aliphatic heterocycles. The average Bonchev–Trinajstić information content (AvgIpc) is 3.08. The van der Waals surface area contributed by atoms with E-state index in [1.807, 2.05) is 4.90 Å². The Hall–Kier alpha value is -1.96. The fourth-order valence-electron chi connectivity index (χ4n) is 4.95. The normalized spacial score (nSPS) is 29.3. The maximum Gasteiger partial charge on any atom is 0.290 e. The lowest BCUT2D eigenvalue weighted by Crippen LogP contribution is -2.54. The summed E-state index contributed by atoms with van der Waals surface area (Å²) in [4.78, 5) is 25.6. The lowest BCUT2D eigenvalue weighted by atomic mass is 9.79. The predicted octanol–water partition coefficient (Wildman–Crippen LogP) is 1.28. The third-order valence-electron chi connectivity index (χ3n) is 6.45. The van der Waals surface area contributed by atoms with Crippen LogP contribution < -0.4 is 0 Å². The van der Waals surface area contributed by atoms with Crippen LogP contribution in [-0.4, -0.2) is 76.9 Å². The molecule has 1 aromatic rings. The van der Waals surface area contributed by atoms with Gasteiger partial charge in [-0.3, -0.25) is 14.5 Å². The van der Waals surface area contributed by atoms with Crippen molar-refractivity contribution in [2.45, 2.75) is 56.4 Å². The van der Waals surface area contributed by atoms with E-state index in [1.54, 1.807) is 7.11 Å². The molecule has 154 valence electrons. The number of benzene rings is 1. The Balaban J connectivity index is 0.000000706. The number of carboxylic acid groups (broad SMARTS) is 1. The average molecular weight is 390 g/mol. The van der Waals surface area contributed by atoms with Crippen LogP contribution in [0.4, 0.5) is 0 Å². The minimum absolute atomic E-state index is 0.0193. The standard InChI is InChI=1S/C20H28N2O3.CH2O2/c1-25-20-8-6-17(23)12-18(20)22(11-9-20)19(24)14-21-10-7-15-4-2-3-5-16(15)13-21;2-1-3/h2-5,17-18,23H,6-14H2,1H3;1H,(H,2,3)/t17-,18+,20-;/m1./s1. The zero-order valence-electron chi connectivity index (χ0n) is 16.4. The van der Waals surface area contributed by atoms with Crippen LogP contribution in [0.25, 0.3) is 0 Å². The SMILES string of the molecule is CO[C@@]12CC[C@@H](O)C[C@@H]1N(C(=O)CN1CCc3ccccc3C1)CC2.O=CO. The number of rotatable bonds is 3. The van der Waals surface area contributed by atoms with Crippen molar-refractivity contribution in [2.75, 3.05) is 26.7 Å². The minimum atomic E-state index is -0.316. The summed E-state index contributed by atoms with van der Waals surface area (Å²) in [6.07, 6.45) is 3.83. The molecule has 0 aromatic heterocycles. The monoisotopic (exact) mass is 390 g/mol. The number of aliphatic hydroxyl groups excluding tert-OH is 1. The topological polar surface area (TPSA) is 90.3 Å². The zero-order valence-corrected chi connectivity index (χ0v) is 16.4. The number of fused-ring (bicyclic) bond motifs is 2. The molecule has 2 fully saturated rings. The van der Waals surface area contributed by atoms with Crippen LogP contribution in [0, 0.1) is 0 Å². The number of methoxy groups -OCH3 is 1. The first-order valence-electron chi connectivity index (χ1n) is 9.92. The summed E-state index contributed by atoms with van der Waals surface area (Å²) in [7, 11) is 1.75. The number of ether oxygens (including phenoxy) is 1. The summed E-state index contributed by atoms with van der Waals surface area (Å²) < 4.78 is 5.85. The van der Waals surface area contributed by atoms with Crippen molar-refractivity contribution in [1.29, 1.82) is 0 Å². The van der Waals surface area contributed by atoms with Gasteiger partial charge in [-0.2, -0.15) is 0 Å². The molecule has 2 heterocycles. The number of aliphatic hydroxyl groups is 1. The van der Waals surface area contributed by atoms with Gasteiger partial charge in [-0.25, -0.2) is 0 Å². The third kappa shape index (κ3) is 4.21. The second-order valence-electron chi connectivity index (χ2n) is 7.88. The molecular formula is C21H30N2O5. The van der Waals surface area contributed by atoms with Gasteiger partial charge in [-0.05, 0) is 43.2 Å². The van der Waals surface area contributed by atoms with Gasteiger partial charge in [0.15, 0.2) is 0 Å². The second kappa shape index (κ2) is 9.03. The van der Waals surface area contributed by atoms with E-state index in [9.17, 15) is 9.90 Å². The number of carbonyl (C=O) groups is 2. The molecule has 7 nitrogen and oxygen atoms in total. The number of hydrogen-bond donors (Lipinski definition) is 2. The fraction of sp³-hybridized carbons (Fsp3) is 0.619. The number of amides is 1. The smallest absolute Gasteiger partial charge is 0.290 e. The van der Waals surface area contributed by atoms with Gasteiger partial charge in [0.25, 0.3) is 6.47 Å². The van der Waals surface area contributed by atoms with Crippen molar-refractivity contribution in [2.24, 2.45) is 0 Å². The van der Waals surface area contributed by atoms with Crippen LogP contribution in [0.5, 0.6) is 0 Å². The largest absolute Gasteiger partial charge is 0.483 e. The number of carbonyl (C=O) groups excluding carboxylic acids is 1. The molecule has 7 heteroatoms. The van der Waals surface area contributed by atoms with Gasteiger partial charge < -0.3 is 19.8 Å². The zero-order chi connectivity index (χ0) is 20.1. The summed E-state index contributed by atoms with van der Waals surface area (Å²) in [6, 6.07) is 8.52. The molecule has 1 saturated heterocycles. The van der Waals surface area contributed by atoms with Crippen LogP contribution in [0.3, 0.4) is 0 Å². The summed E-state index contributed by atoms with van der Waals surface area (Å²) in [6.45, 7) is 2.73. The van der Waals surface area contributed by atoms with Crippen molar-refractivity contribution >= 4 is 12.4 Å². The Labute approximate surface area is 165 Å². The Bertz CT molecular complexity index is 697. The molecule has 2 N–H and O–H groups in total. The number of nitrogens with zero attached hydrogens (tertiary/aromatic N) is 2. The number of hydrogen-bond acceptors (Lipinski definition) is 5. The van der Waals surface area contributed by atoms with Crippen LogP contribution >= 0.6 is 0 Å². The minimum Gasteiger partial charge on any atom is -0.483 e. The van der Waals surface area contributed by atoms with E-state index in [1.165, 1.54) is 11.1 Å². The fourth-order valence-corrected chi connectivity index (χ4v) is 4.95. The highest BCUT2D eigenvalue weighted by Gasteiger charge is 2.52. The van der Waals surface area contributed by atoms with Crippen LogP contribution in [0.15, 0.2) is 24.3 Å². The second-order valence-corrected chi connectivity index (χ2v) is 7.88. The van der Waals surface area contributed by atoms with Crippen molar-refractivity contribution in [3.63, 3.8) is 0 Å². The molecule has 1 saturated carbocycles. The molecule has 28 heavy (non-hydrogen) atoms. The first-order chi connectivity index (χ1) is 13.5. The van der Waals surface area contributed by atoms with E-state index in [0.29, 0.717) is 13.0 Å². The van der Waals surface area contributed by atoms with Gasteiger partial charge in [-0.15, -0.1) is 0 Å². The van der Waals surface area contributed by atoms with Gasteiger partial charge in [0, 0.05) is 26.7 Å². The molecule has 0 spiro atoms. The lowest BCUT2D eigenvalue weighted by Gasteiger charge is -2.42. The van der Waals surface area contributed by atoms with Gasteiger partial charge in [0.2, 0.25) is 5.91 Å². The molecule has 0 unspecified atom stereocenters. The van der Waals surface area contributed by atoms with E-state index in [2.05, 4.69) is 29.2 Å². The molecule has 1 aliphatic carbocycles. The van der Waals surface area contributed by atoms with E-state index in [4.69, 9.17) is 14.6 Å². The molecule has 1 amide bonds. The highest BCUT2D eigenvalue weighted by Crippen LogP contribution is 2.42. The summed E-state index contributed by atoms with van der Waals surface area (Å²) in [5.41, 5.74) is 2.49. The Kier molecular flexibility index (Phi) is 6.69. The molecule has 3 aliphatic rings. The molecule has 3 atom stereocenters. The highest BCUT2D eigenvalue weighted by atomic mass is 16.5. The van der Waals surface area contributed by atoms with E-state index < -0.39 is 0 Å². The maximum atomic E-state index is 13.0. The molecule has 0 radical (unpaired) electrons. The lowest BCUT2D eigenvalue weighted by molar-refractivity contribution is -0.141. The first kappa shape index (κ1) is 20.8. The summed E-state index contributed by atoms with van der Waals surface area (Å²) >= 11 is 0. The third-order valence-corrected chi connectivity index (χ3v) is 6.45. The Morgan fingerprint density at radius 1 is 1.29 bits per heavy atom. The van der Waals surface area contributed by atoms with Gasteiger partial charge in [0.05, 0.1) is 24.3 Å². The molecule has 1 aromatic carbocycles. The van der Waals surface area contributed by atoms with Crippen LogP contribution in [0.2, 0.25) is 0 Å².